The van der Waals surface area contributed by atoms with Crippen molar-refractivity contribution in [2.45, 2.75) is 19.4 Å². The lowest BCUT2D eigenvalue weighted by atomic mass is 10.1. The second kappa shape index (κ2) is 3.66. The number of aliphatic hydroxyl groups excluding tert-OH is 2. The van der Waals surface area contributed by atoms with Crippen LogP contribution in [0.15, 0.2) is 0 Å². The molecule has 5 heteroatoms. The lowest BCUT2D eigenvalue weighted by molar-refractivity contribution is -0.156. The minimum absolute atomic E-state index is 0.476. The highest BCUT2D eigenvalue weighted by Crippen LogP contribution is 2.12. The maximum atomic E-state index is 10.5. The zero-order valence-electron chi connectivity index (χ0n) is 6.61. The van der Waals surface area contributed by atoms with Crippen LogP contribution in [0.5, 0.6) is 0 Å². The van der Waals surface area contributed by atoms with E-state index in [0.717, 1.165) is 4.90 Å². The van der Waals surface area contributed by atoms with Crippen LogP contribution >= 0.6 is 0 Å². The molecule has 0 aliphatic carbocycles. The SMILES string of the molecule is CC(C)(C(=O)O)N(CO)CO. The first-order valence-electron chi connectivity index (χ1n) is 3.17. The molecule has 0 amide bonds. The topological polar surface area (TPSA) is 81.0 Å². The molecule has 66 valence electrons. The van der Waals surface area contributed by atoms with Crippen molar-refractivity contribution in [3.8, 4) is 0 Å². The molecule has 0 unspecified atom stereocenters. The molecule has 0 saturated heterocycles. The van der Waals surface area contributed by atoms with Crippen LogP contribution in [-0.2, 0) is 4.79 Å². The first-order chi connectivity index (χ1) is 4.96. The Hall–Kier alpha value is -0.650. The Kier molecular flexibility index (Phi) is 3.44. The maximum Gasteiger partial charge on any atom is 0.323 e. The number of carbonyl (C=O) groups is 1. The monoisotopic (exact) mass is 163 g/mol. The average molecular weight is 163 g/mol. The van der Waals surface area contributed by atoms with Crippen LogP contribution in [0.25, 0.3) is 0 Å². The van der Waals surface area contributed by atoms with Crippen molar-refractivity contribution in [3.05, 3.63) is 0 Å². The van der Waals surface area contributed by atoms with Gasteiger partial charge in [0.05, 0.1) is 13.5 Å². The predicted octanol–water partition coefficient (Wildman–Crippen LogP) is -0.949. The second-order valence-corrected chi connectivity index (χ2v) is 2.69. The molecule has 0 aromatic carbocycles. The van der Waals surface area contributed by atoms with Gasteiger partial charge in [-0.3, -0.25) is 4.79 Å². The molecule has 0 aliphatic rings. The van der Waals surface area contributed by atoms with Gasteiger partial charge in [-0.15, -0.1) is 0 Å². The van der Waals surface area contributed by atoms with E-state index in [1.807, 2.05) is 0 Å². The molecular formula is C6H13NO4. The molecule has 0 radical (unpaired) electrons. The predicted molar refractivity (Wildman–Crippen MR) is 37.7 cm³/mol. The minimum atomic E-state index is -1.23. The molecule has 0 aliphatic heterocycles. The molecule has 0 saturated carbocycles. The van der Waals surface area contributed by atoms with Crippen LogP contribution in [0.4, 0.5) is 0 Å². The largest absolute Gasteiger partial charge is 0.480 e. The lowest BCUT2D eigenvalue weighted by Gasteiger charge is -2.30. The fraction of sp³-hybridized carbons (Fsp3) is 0.833. The normalized spacial score (nSPS) is 12.1. The fourth-order valence-electron chi connectivity index (χ4n) is 0.534. The molecule has 0 aromatic heterocycles. The highest BCUT2D eigenvalue weighted by molar-refractivity contribution is 5.77. The summed E-state index contributed by atoms with van der Waals surface area (Å²) in [5, 5.41) is 25.8. The molecule has 0 rings (SSSR count). The third-order valence-electron chi connectivity index (χ3n) is 1.66. The van der Waals surface area contributed by atoms with E-state index >= 15 is 0 Å². The van der Waals surface area contributed by atoms with E-state index in [9.17, 15) is 4.79 Å². The highest BCUT2D eigenvalue weighted by Gasteiger charge is 2.33. The molecule has 11 heavy (non-hydrogen) atoms. The summed E-state index contributed by atoms with van der Waals surface area (Å²) < 4.78 is 0. The number of hydrogen-bond acceptors (Lipinski definition) is 4. The Morgan fingerprint density at radius 1 is 1.36 bits per heavy atom. The van der Waals surface area contributed by atoms with E-state index in [0.29, 0.717) is 0 Å². The molecule has 5 nitrogen and oxygen atoms in total. The van der Waals surface area contributed by atoms with Crippen LogP contribution < -0.4 is 0 Å². The maximum absolute atomic E-state index is 10.5. The molecule has 0 spiro atoms. The second-order valence-electron chi connectivity index (χ2n) is 2.69. The van der Waals surface area contributed by atoms with E-state index < -0.39 is 25.0 Å². The number of aliphatic hydroxyl groups is 2. The molecular weight excluding hydrogens is 150 g/mol. The Morgan fingerprint density at radius 2 is 1.73 bits per heavy atom. The van der Waals surface area contributed by atoms with Crippen LogP contribution in [0, 0.1) is 0 Å². The third kappa shape index (κ3) is 2.14. The number of carboxylic acids is 1. The Balaban J connectivity index is 4.36. The van der Waals surface area contributed by atoms with Crippen molar-refractivity contribution in [3.63, 3.8) is 0 Å². The first kappa shape index (κ1) is 10.3. The lowest BCUT2D eigenvalue weighted by Crippen LogP contribution is -2.50. The van der Waals surface area contributed by atoms with Gasteiger partial charge in [0.1, 0.15) is 5.54 Å². The van der Waals surface area contributed by atoms with Crippen molar-refractivity contribution >= 4 is 5.97 Å². The minimum Gasteiger partial charge on any atom is -0.480 e. The van der Waals surface area contributed by atoms with Crippen molar-refractivity contribution in [2.24, 2.45) is 0 Å². The van der Waals surface area contributed by atoms with Gasteiger partial charge in [0.15, 0.2) is 0 Å². The standard InChI is InChI=1S/C6H13NO4/c1-6(2,5(10)11)7(3-8)4-9/h8-9H,3-4H2,1-2H3,(H,10,11). The van der Waals surface area contributed by atoms with E-state index in [4.69, 9.17) is 15.3 Å². The number of nitrogens with zero attached hydrogens (tertiary/aromatic N) is 1. The van der Waals surface area contributed by atoms with Crippen LogP contribution in [-0.4, -0.2) is 45.2 Å². The molecule has 0 fully saturated rings. The molecule has 3 N–H and O–H groups in total. The summed E-state index contributed by atoms with van der Waals surface area (Å²) in [6.45, 7) is 1.86. The summed E-state index contributed by atoms with van der Waals surface area (Å²) >= 11 is 0. The first-order valence-corrected chi connectivity index (χ1v) is 3.17. The van der Waals surface area contributed by atoms with Gasteiger partial charge < -0.3 is 15.3 Å². The van der Waals surface area contributed by atoms with E-state index in [-0.39, 0.29) is 0 Å². The zero-order valence-corrected chi connectivity index (χ0v) is 6.61. The van der Waals surface area contributed by atoms with Gasteiger partial charge in [0.25, 0.3) is 0 Å². The summed E-state index contributed by atoms with van der Waals surface area (Å²) in [7, 11) is 0. The quantitative estimate of drug-likeness (QED) is 0.465. The summed E-state index contributed by atoms with van der Waals surface area (Å²) in [6, 6.07) is 0. The summed E-state index contributed by atoms with van der Waals surface area (Å²) in [5.41, 5.74) is -1.23. The smallest absolute Gasteiger partial charge is 0.323 e. The zero-order chi connectivity index (χ0) is 9.07. The Labute approximate surface area is 64.9 Å². The van der Waals surface area contributed by atoms with Gasteiger partial charge in [-0.2, -0.15) is 0 Å². The van der Waals surface area contributed by atoms with E-state index in [1.54, 1.807) is 0 Å². The number of hydrogen-bond donors (Lipinski definition) is 3. The van der Waals surface area contributed by atoms with Crippen LogP contribution in [0.3, 0.4) is 0 Å². The van der Waals surface area contributed by atoms with Gasteiger partial charge in [-0.05, 0) is 13.8 Å². The number of carboxylic acid groups (broad SMARTS) is 1. The number of rotatable bonds is 4. The van der Waals surface area contributed by atoms with E-state index in [1.165, 1.54) is 13.8 Å². The number of aliphatic carboxylic acids is 1. The molecule has 0 heterocycles. The summed E-state index contributed by atoms with van der Waals surface area (Å²) in [4.78, 5) is 11.5. The van der Waals surface area contributed by atoms with Gasteiger partial charge in [-0.1, -0.05) is 0 Å². The molecule has 0 bridgehead atoms. The molecule has 0 atom stereocenters. The average Bonchev–Trinajstić information content (AvgIpc) is 1.89. The third-order valence-corrected chi connectivity index (χ3v) is 1.66. The van der Waals surface area contributed by atoms with Crippen molar-refractivity contribution in [2.75, 3.05) is 13.5 Å². The Morgan fingerprint density at radius 3 is 1.82 bits per heavy atom. The summed E-state index contributed by atoms with van der Waals surface area (Å²) in [6.07, 6.45) is 0. The van der Waals surface area contributed by atoms with Crippen molar-refractivity contribution in [1.29, 1.82) is 0 Å². The fourth-order valence-corrected chi connectivity index (χ4v) is 0.534. The van der Waals surface area contributed by atoms with Crippen molar-refractivity contribution in [1.82, 2.24) is 4.90 Å². The summed E-state index contributed by atoms with van der Waals surface area (Å²) in [5.74, 6) is -1.08. The van der Waals surface area contributed by atoms with Crippen LogP contribution in [0.1, 0.15) is 13.8 Å². The Bertz CT molecular complexity index is 142. The van der Waals surface area contributed by atoms with Crippen LogP contribution in [0.2, 0.25) is 0 Å². The van der Waals surface area contributed by atoms with E-state index in [2.05, 4.69) is 0 Å². The van der Waals surface area contributed by atoms with Gasteiger partial charge >= 0.3 is 5.97 Å². The highest BCUT2D eigenvalue weighted by atomic mass is 16.4. The molecule has 0 aromatic rings. The van der Waals surface area contributed by atoms with Gasteiger partial charge in [0, 0.05) is 0 Å². The van der Waals surface area contributed by atoms with Gasteiger partial charge in [-0.25, -0.2) is 4.90 Å². The van der Waals surface area contributed by atoms with Crippen molar-refractivity contribution < 1.29 is 20.1 Å². The van der Waals surface area contributed by atoms with Gasteiger partial charge in [0.2, 0.25) is 0 Å².